The molecule has 2 aliphatic rings. The van der Waals surface area contributed by atoms with Crippen LogP contribution in [0.3, 0.4) is 0 Å². The van der Waals surface area contributed by atoms with Crippen LogP contribution in [0.4, 0.5) is 10.5 Å². The van der Waals surface area contributed by atoms with E-state index in [1.807, 2.05) is 0 Å². The van der Waals surface area contributed by atoms with Gasteiger partial charge >= 0.3 is 6.03 Å². The van der Waals surface area contributed by atoms with Gasteiger partial charge in [-0.05, 0) is 37.5 Å². The molecule has 0 atom stereocenters. The van der Waals surface area contributed by atoms with Gasteiger partial charge in [0.25, 0.3) is 5.89 Å². The first-order valence-corrected chi connectivity index (χ1v) is 7.93. The zero-order valence-electron chi connectivity index (χ0n) is 12.4. The van der Waals surface area contributed by atoms with Crippen LogP contribution >= 0.6 is 11.6 Å². The Morgan fingerprint density at radius 3 is 2.87 bits per heavy atom. The Morgan fingerprint density at radius 2 is 2.22 bits per heavy atom. The van der Waals surface area contributed by atoms with E-state index in [0.29, 0.717) is 35.4 Å². The van der Waals surface area contributed by atoms with Crippen molar-refractivity contribution in [3.63, 3.8) is 0 Å². The standard InChI is InChI=1S/C15H16ClN5O2/c16-11-3-2-9(21-7-6-18-14(21)22)8-10(11)12-19-13(20-23-12)15(17)4-1-5-15/h2-3,8H,1,4-7,17H2,(H,18,22). The molecule has 1 aromatic carbocycles. The minimum absolute atomic E-state index is 0.125. The highest BCUT2D eigenvalue weighted by atomic mass is 35.5. The normalized spacial score (nSPS) is 19.6. The van der Waals surface area contributed by atoms with E-state index >= 15 is 0 Å². The molecule has 1 aliphatic carbocycles. The average molecular weight is 334 g/mol. The van der Waals surface area contributed by atoms with E-state index in [4.69, 9.17) is 21.9 Å². The second-order valence-corrected chi connectivity index (χ2v) is 6.39. The van der Waals surface area contributed by atoms with Gasteiger partial charge in [0.15, 0.2) is 5.82 Å². The highest BCUT2D eigenvalue weighted by molar-refractivity contribution is 6.33. The molecule has 1 saturated carbocycles. The second kappa shape index (κ2) is 5.21. The molecular weight excluding hydrogens is 318 g/mol. The Morgan fingerprint density at radius 1 is 1.39 bits per heavy atom. The SMILES string of the molecule is NC1(c2noc(-c3cc(N4CCNC4=O)ccc3Cl)n2)CCC1. The molecule has 1 aliphatic heterocycles. The van der Waals surface area contributed by atoms with Gasteiger partial charge < -0.3 is 15.6 Å². The summed E-state index contributed by atoms with van der Waals surface area (Å²) in [5.41, 5.74) is 7.08. The number of amides is 2. The number of carbonyl (C=O) groups is 1. The molecule has 3 N–H and O–H groups in total. The van der Waals surface area contributed by atoms with Crippen molar-refractivity contribution in [2.45, 2.75) is 24.8 Å². The summed E-state index contributed by atoms with van der Waals surface area (Å²) in [6.07, 6.45) is 2.78. The minimum Gasteiger partial charge on any atom is -0.336 e. The molecule has 2 aromatic rings. The molecule has 0 unspecified atom stereocenters. The van der Waals surface area contributed by atoms with E-state index in [2.05, 4.69) is 15.5 Å². The van der Waals surface area contributed by atoms with E-state index < -0.39 is 5.54 Å². The third-order valence-corrected chi connectivity index (χ3v) is 4.80. The van der Waals surface area contributed by atoms with E-state index in [9.17, 15) is 4.79 Å². The van der Waals surface area contributed by atoms with Crippen LogP contribution in [0.1, 0.15) is 25.1 Å². The number of hydrogen-bond acceptors (Lipinski definition) is 5. The number of rotatable bonds is 3. The molecule has 23 heavy (non-hydrogen) atoms. The minimum atomic E-state index is -0.485. The van der Waals surface area contributed by atoms with Gasteiger partial charge in [-0.1, -0.05) is 16.8 Å². The van der Waals surface area contributed by atoms with E-state index in [1.54, 1.807) is 23.1 Å². The lowest BCUT2D eigenvalue weighted by molar-refractivity contribution is 0.229. The first kappa shape index (κ1) is 14.5. The van der Waals surface area contributed by atoms with Crippen molar-refractivity contribution in [2.75, 3.05) is 18.0 Å². The first-order chi connectivity index (χ1) is 11.1. The van der Waals surface area contributed by atoms with Crippen molar-refractivity contribution in [1.29, 1.82) is 0 Å². The van der Waals surface area contributed by atoms with Crippen molar-refractivity contribution in [1.82, 2.24) is 15.5 Å². The molecule has 120 valence electrons. The molecule has 4 rings (SSSR count). The molecule has 2 heterocycles. The summed E-state index contributed by atoms with van der Waals surface area (Å²) in [5.74, 6) is 0.835. The Hall–Kier alpha value is -2.12. The van der Waals surface area contributed by atoms with Gasteiger partial charge in [-0.3, -0.25) is 4.90 Å². The maximum atomic E-state index is 11.8. The smallest absolute Gasteiger partial charge is 0.321 e. The van der Waals surface area contributed by atoms with Gasteiger partial charge in [-0.2, -0.15) is 4.98 Å². The van der Waals surface area contributed by atoms with Gasteiger partial charge in [0.05, 0.1) is 16.1 Å². The fraction of sp³-hybridized carbons (Fsp3) is 0.400. The number of urea groups is 1. The molecule has 0 spiro atoms. The summed E-state index contributed by atoms with van der Waals surface area (Å²) in [5, 5.41) is 7.26. The van der Waals surface area contributed by atoms with Gasteiger partial charge in [-0.25, -0.2) is 4.79 Å². The van der Waals surface area contributed by atoms with Crippen molar-refractivity contribution in [3.05, 3.63) is 29.0 Å². The lowest BCUT2D eigenvalue weighted by Gasteiger charge is -2.34. The number of aromatic nitrogens is 2. The maximum Gasteiger partial charge on any atom is 0.321 e. The molecule has 2 fully saturated rings. The number of nitrogens with one attached hydrogen (secondary N) is 1. The average Bonchev–Trinajstić information content (AvgIpc) is 3.15. The lowest BCUT2D eigenvalue weighted by Crippen LogP contribution is -2.44. The number of halogens is 1. The second-order valence-electron chi connectivity index (χ2n) is 5.98. The lowest BCUT2D eigenvalue weighted by atomic mass is 9.77. The third kappa shape index (κ3) is 2.36. The Labute approximate surface area is 137 Å². The summed E-state index contributed by atoms with van der Waals surface area (Å²) < 4.78 is 5.35. The highest BCUT2D eigenvalue weighted by Gasteiger charge is 2.39. The van der Waals surface area contributed by atoms with Crippen molar-refractivity contribution < 1.29 is 9.32 Å². The predicted octanol–water partition coefficient (Wildman–Crippen LogP) is 2.26. The van der Waals surface area contributed by atoms with Crippen molar-refractivity contribution >= 4 is 23.3 Å². The summed E-state index contributed by atoms with van der Waals surface area (Å²) in [6.45, 7) is 1.23. The van der Waals surface area contributed by atoms with Crippen LogP contribution < -0.4 is 16.0 Å². The number of anilines is 1. The molecule has 1 saturated heterocycles. The summed E-state index contributed by atoms with van der Waals surface area (Å²) in [7, 11) is 0. The summed E-state index contributed by atoms with van der Waals surface area (Å²) >= 11 is 6.27. The number of nitrogens with zero attached hydrogens (tertiary/aromatic N) is 3. The number of carbonyl (C=O) groups excluding carboxylic acids is 1. The van der Waals surface area contributed by atoms with Crippen LogP contribution in [0.25, 0.3) is 11.5 Å². The first-order valence-electron chi connectivity index (χ1n) is 7.55. The fourth-order valence-corrected chi connectivity index (χ4v) is 3.08. The van der Waals surface area contributed by atoms with Gasteiger partial charge in [0, 0.05) is 18.8 Å². The number of nitrogens with two attached hydrogens (primary N) is 1. The molecule has 8 heteroatoms. The molecular formula is C15H16ClN5O2. The predicted molar refractivity (Wildman–Crippen MR) is 85.2 cm³/mol. The Balaban J connectivity index is 1.69. The number of hydrogen-bond donors (Lipinski definition) is 2. The highest BCUT2D eigenvalue weighted by Crippen LogP contribution is 2.38. The Bertz CT molecular complexity index is 771. The van der Waals surface area contributed by atoms with Crippen molar-refractivity contribution in [2.24, 2.45) is 5.73 Å². The molecule has 7 nitrogen and oxygen atoms in total. The monoisotopic (exact) mass is 333 g/mol. The van der Waals surface area contributed by atoms with Crippen LogP contribution in [0.5, 0.6) is 0 Å². The van der Waals surface area contributed by atoms with Crippen LogP contribution in [0, 0.1) is 0 Å². The van der Waals surface area contributed by atoms with Crippen LogP contribution in [0.15, 0.2) is 22.7 Å². The third-order valence-electron chi connectivity index (χ3n) is 4.47. The van der Waals surface area contributed by atoms with Crippen LogP contribution in [0.2, 0.25) is 5.02 Å². The number of benzene rings is 1. The molecule has 1 aromatic heterocycles. The van der Waals surface area contributed by atoms with Gasteiger partial charge in [0.2, 0.25) is 0 Å². The fourth-order valence-electron chi connectivity index (χ4n) is 2.88. The van der Waals surface area contributed by atoms with E-state index in [1.165, 1.54) is 0 Å². The zero-order valence-corrected chi connectivity index (χ0v) is 13.1. The van der Waals surface area contributed by atoms with Crippen molar-refractivity contribution in [3.8, 4) is 11.5 Å². The molecule has 0 radical (unpaired) electrons. The molecule has 2 amide bonds. The molecule has 0 bridgehead atoms. The largest absolute Gasteiger partial charge is 0.336 e. The topological polar surface area (TPSA) is 97.3 Å². The summed E-state index contributed by atoms with van der Waals surface area (Å²) in [6, 6.07) is 5.18. The summed E-state index contributed by atoms with van der Waals surface area (Å²) in [4.78, 5) is 17.9. The maximum absolute atomic E-state index is 11.8. The zero-order chi connectivity index (χ0) is 16.0. The van der Waals surface area contributed by atoms with Gasteiger partial charge in [-0.15, -0.1) is 0 Å². The van der Waals surface area contributed by atoms with Gasteiger partial charge in [0.1, 0.15) is 0 Å². The van der Waals surface area contributed by atoms with E-state index in [-0.39, 0.29) is 6.03 Å². The quantitative estimate of drug-likeness (QED) is 0.897. The van der Waals surface area contributed by atoms with E-state index in [0.717, 1.165) is 24.9 Å². The van der Waals surface area contributed by atoms with Crippen LogP contribution in [-0.2, 0) is 5.54 Å². The Kier molecular flexibility index (Phi) is 3.28. The van der Waals surface area contributed by atoms with Crippen LogP contribution in [-0.4, -0.2) is 29.3 Å².